The number of carbonyl (C=O) groups is 2. The summed E-state index contributed by atoms with van der Waals surface area (Å²) >= 11 is 1.48. The molecule has 5 rings (SSSR count). The molecule has 3 unspecified atom stereocenters. The summed E-state index contributed by atoms with van der Waals surface area (Å²) in [5.41, 5.74) is 1.64. The molecule has 1 aliphatic carbocycles. The van der Waals surface area contributed by atoms with Gasteiger partial charge in [0.1, 0.15) is 5.69 Å². The number of piperidine rings is 1. The zero-order valence-corrected chi connectivity index (χ0v) is 21.0. The average Bonchev–Trinajstić information content (AvgIpc) is 3.33. The first-order valence-electron chi connectivity index (χ1n) is 11.8. The van der Waals surface area contributed by atoms with E-state index in [9.17, 15) is 22.8 Å². The molecule has 1 saturated heterocycles. The third-order valence-corrected chi connectivity index (χ3v) is 8.08. The minimum Gasteiger partial charge on any atom is -0.350 e. The van der Waals surface area contributed by atoms with Gasteiger partial charge in [0.15, 0.2) is 0 Å². The van der Waals surface area contributed by atoms with Crippen molar-refractivity contribution in [1.82, 2.24) is 15.2 Å². The van der Waals surface area contributed by atoms with Crippen LogP contribution in [-0.4, -0.2) is 40.8 Å². The molecule has 0 spiro atoms. The Morgan fingerprint density at radius 3 is 2.64 bits per heavy atom. The van der Waals surface area contributed by atoms with Crippen LogP contribution in [0.5, 0.6) is 0 Å². The quantitative estimate of drug-likeness (QED) is 0.480. The summed E-state index contributed by atoms with van der Waals surface area (Å²) in [5, 5.41) is 3.57. The van der Waals surface area contributed by atoms with E-state index in [4.69, 9.17) is 0 Å². The van der Waals surface area contributed by atoms with Crippen LogP contribution in [0.25, 0.3) is 10.4 Å². The van der Waals surface area contributed by atoms with Crippen molar-refractivity contribution in [2.75, 3.05) is 13.1 Å². The zero-order valence-electron chi connectivity index (χ0n) is 20.1. The summed E-state index contributed by atoms with van der Waals surface area (Å²) in [6.07, 6.45) is -3.55. The van der Waals surface area contributed by atoms with Crippen molar-refractivity contribution < 1.29 is 22.8 Å². The van der Waals surface area contributed by atoms with Gasteiger partial charge >= 0.3 is 6.18 Å². The molecule has 188 valence electrons. The number of aromatic nitrogens is 1. The molecule has 2 fully saturated rings. The van der Waals surface area contributed by atoms with Crippen LogP contribution in [0.1, 0.15) is 49.0 Å². The summed E-state index contributed by atoms with van der Waals surface area (Å²) in [5.74, 6) is -0.0895. The number of alkyl halides is 3. The number of benzene rings is 2. The van der Waals surface area contributed by atoms with Gasteiger partial charge in [-0.2, -0.15) is 13.2 Å². The predicted molar refractivity (Wildman–Crippen MR) is 132 cm³/mol. The van der Waals surface area contributed by atoms with E-state index < -0.39 is 17.6 Å². The summed E-state index contributed by atoms with van der Waals surface area (Å²) in [7, 11) is 0. The highest BCUT2D eigenvalue weighted by atomic mass is 32.1. The molecule has 0 bridgehead atoms. The van der Waals surface area contributed by atoms with Crippen LogP contribution in [0.4, 0.5) is 13.2 Å². The molecule has 1 aromatic heterocycles. The number of thiazole rings is 1. The Morgan fingerprint density at radius 2 is 1.92 bits per heavy atom. The maximum Gasteiger partial charge on any atom is 0.416 e. The number of nitrogens with zero attached hydrogens (tertiary/aromatic N) is 2. The maximum absolute atomic E-state index is 13.7. The van der Waals surface area contributed by atoms with Crippen molar-refractivity contribution in [1.29, 1.82) is 0 Å². The molecular formula is C27H26F3N3O2S. The number of nitrogens with one attached hydrogen (secondary N) is 1. The van der Waals surface area contributed by atoms with E-state index in [2.05, 4.69) is 10.3 Å². The van der Waals surface area contributed by atoms with Crippen LogP contribution in [0.3, 0.4) is 0 Å². The summed E-state index contributed by atoms with van der Waals surface area (Å²) in [6.45, 7) is 6.01. The standard InChI is InChI=1S/C27H26F3N3O2S/c1-14-5-4-6-17(9-14)24-23(32-16(3)36-24)26(35)33-13-19-10-20(19)22(33)12-31-25(34)18-8-7-15(2)21(11-18)27(28,29)30/h4-9,11,19-20,22H,10,12-13H2,1-3H3,(H,31,34). The topological polar surface area (TPSA) is 62.3 Å². The van der Waals surface area contributed by atoms with Gasteiger partial charge in [0.2, 0.25) is 0 Å². The lowest BCUT2D eigenvalue weighted by atomic mass is 10.0. The number of rotatable bonds is 5. The van der Waals surface area contributed by atoms with Gasteiger partial charge in [0, 0.05) is 18.7 Å². The van der Waals surface area contributed by atoms with Gasteiger partial charge in [0.05, 0.1) is 21.5 Å². The van der Waals surface area contributed by atoms with Crippen LogP contribution in [0.2, 0.25) is 0 Å². The van der Waals surface area contributed by atoms with Crippen molar-refractivity contribution in [3.8, 4) is 10.4 Å². The SMILES string of the molecule is Cc1cccc(-c2sc(C)nc2C(=O)N2CC3CC3C2CNC(=O)c2ccc(C)c(C(F)(F)F)c2)c1. The molecule has 3 atom stereocenters. The van der Waals surface area contributed by atoms with E-state index >= 15 is 0 Å². The number of carbonyl (C=O) groups excluding carboxylic acids is 2. The average molecular weight is 514 g/mol. The Kier molecular flexibility index (Phi) is 6.14. The Balaban J connectivity index is 1.34. The highest BCUT2D eigenvalue weighted by Crippen LogP contribution is 2.50. The van der Waals surface area contributed by atoms with E-state index in [-0.39, 0.29) is 35.5 Å². The fourth-order valence-corrected chi connectivity index (χ4v) is 6.03. The van der Waals surface area contributed by atoms with Crippen molar-refractivity contribution in [3.05, 3.63) is 75.4 Å². The minimum atomic E-state index is -4.53. The van der Waals surface area contributed by atoms with E-state index in [1.807, 2.05) is 38.1 Å². The summed E-state index contributed by atoms with van der Waals surface area (Å²) < 4.78 is 39.8. The van der Waals surface area contributed by atoms with E-state index in [1.54, 1.807) is 4.90 Å². The zero-order chi connectivity index (χ0) is 25.8. The van der Waals surface area contributed by atoms with Crippen LogP contribution < -0.4 is 5.32 Å². The van der Waals surface area contributed by atoms with Gasteiger partial charge in [-0.1, -0.05) is 35.9 Å². The van der Waals surface area contributed by atoms with Crippen LogP contribution >= 0.6 is 11.3 Å². The first-order valence-corrected chi connectivity index (χ1v) is 12.7. The number of hydrogen-bond acceptors (Lipinski definition) is 4. The van der Waals surface area contributed by atoms with Crippen LogP contribution in [0, 0.1) is 32.6 Å². The van der Waals surface area contributed by atoms with E-state index in [1.165, 1.54) is 30.4 Å². The lowest BCUT2D eigenvalue weighted by Gasteiger charge is -2.27. The monoisotopic (exact) mass is 513 g/mol. The van der Waals surface area contributed by atoms with Gasteiger partial charge < -0.3 is 10.2 Å². The Hall–Kier alpha value is -3.20. The van der Waals surface area contributed by atoms with E-state index in [0.717, 1.165) is 33.5 Å². The number of halogens is 3. The third kappa shape index (κ3) is 4.64. The summed E-state index contributed by atoms with van der Waals surface area (Å²) in [6, 6.07) is 11.3. The van der Waals surface area contributed by atoms with Gasteiger partial charge in [0.25, 0.3) is 11.8 Å². The van der Waals surface area contributed by atoms with Crippen molar-refractivity contribution in [2.45, 2.75) is 39.4 Å². The van der Waals surface area contributed by atoms with Gasteiger partial charge in [-0.05, 0) is 62.3 Å². The molecule has 1 saturated carbocycles. The van der Waals surface area contributed by atoms with E-state index in [0.29, 0.717) is 18.2 Å². The second-order valence-corrected chi connectivity index (χ2v) is 10.9. The molecule has 2 heterocycles. The van der Waals surface area contributed by atoms with Crippen LogP contribution in [0.15, 0.2) is 42.5 Å². The summed E-state index contributed by atoms with van der Waals surface area (Å²) in [4.78, 5) is 33.6. The fraction of sp³-hybridized carbons (Fsp3) is 0.370. The predicted octanol–water partition coefficient (Wildman–Crippen LogP) is 5.64. The smallest absolute Gasteiger partial charge is 0.350 e. The first-order chi connectivity index (χ1) is 17.0. The first kappa shape index (κ1) is 24.5. The van der Waals surface area contributed by atoms with Crippen molar-refractivity contribution >= 4 is 23.2 Å². The third-order valence-electron chi connectivity index (χ3n) is 7.06. The lowest BCUT2D eigenvalue weighted by Crippen LogP contribution is -2.45. The molecule has 36 heavy (non-hydrogen) atoms. The van der Waals surface area contributed by atoms with Gasteiger partial charge in [-0.3, -0.25) is 9.59 Å². The molecule has 2 aliphatic rings. The molecule has 1 N–H and O–H groups in total. The highest BCUT2D eigenvalue weighted by Gasteiger charge is 2.54. The number of amides is 2. The van der Waals surface area contributed by atoms with Crippen molar-refractivity contribution in [3.63, 3.8) is 0 Å². The molecule has 2 aromatic carbocycles. The molecule has 2 amide bonds. The fourth-order valence-electron chi connectivity index (χ4n) is 5.12. The molecule has 3 aromatic rings. The van der Waals surface area contributed by atoms with Gasteiger partial charge in [-0.25, -0.2) is 4.98 Å². The number of hydrogen-bond donors (Lipinski definition) is 1. The number of aryl methyl sites for hydroxylation is 3. The highest BCUT2D eigenvalue weighted by molar-refractivity contribution is 7.15. The Morgan fingerprint density at radius 1 is 1.14 bits per heavy atom. The van der Waals surface area contributed by atoms with Crippen molar-refractivity contribution in [2.24, 2.45) is 11.8 Å². The second kappa shape index (κ2) is 9.03. The van der Waals surface area contributed by atoms with Gasteiger partial charge in [-0.15, -0.1) is 11.3 Å². The molecular weight excluding hydrogens is 487 g/mol. The maximum atomic E-state index is 13.7. The molecule has 1 aliphatic heterocycles. The minimum absolute atomic E-state index is 0.0481. The largest absolute Gasteiger partial charge is 0.416 e. The molecule has 5 nitrogen and oxygen atoms in total. The Bertz CT molecular complexity index is 1350. The van der Waals surface area contributed by atoms with Crippen LogP contribution in [-0.2, 0) is 6.18 Å². The normalized spacial score (nSPS) is 20.8. The molecule has 0 radical (unpaired) electrons. The number of likely N-dealkylation sites (tertiary alicyclic amines) is 1. The second-order valence-electron chi connectivity index (χ2n) is 9.70. The molecule has 9 heteroatoms. The number of fused-ring (bicyclic) bond motifs is 1. The Labute approximate surface area is 211 Å². The lowest BCUT2D eigenvalue weighted by molar-refractivity contribution is -0.138.